The Balaban J connectivity index is 1.20. The van der Waals surface area contributed by atoms with E-state index in [9.17, 15) is 9.59 Å². The molecular weight excluding hydrogens is 514 g/mol. The third-order valence-electron chi connectivity index (χ3n) is 7.49. The van der Waals surface area contributed by atoms with Crippen LogP contribution in [0.5, 0.6) is 0 Å². The second-order valence-electron chi connectivity index (χ2n) is 9.87. The predicted molar refractivity (Wildman–Crippen MR) is 152 cm³/mol. The van der Waals surface area contributed by atoms with Gasteiger partial charge in [-0.3, -0.25) is 14.5 Å². The van der Waals surface area contributed by atoms with Gasteiger partial charge in [-0.2, -0.15) is 0 Å². The molecule has 1 atom stereocenters. The van der Waals surface area contributed by atoms with Crippen molar-refractivity contribution in [2.75, 3.05) is 41.7 Å². The summed E-state index contributed by atoms with van der Waals surface area (Å²) in [7, 11) is 0. The number of hydrogen-bond acceptors (Lipinski definition) is 6. The highest BCUT2D eigenvalue weighted by molar-refractivity contribution is 6.33. The molecule has 1 unspecified atom stereocenters. The zero-order valence-electron chi connectivity index (χ0n) is 21.7. The molecule has 0 aliphatic carbocycles. The molecule has 2 N–H and O–H groups in total. The fraction of sp³-hybridized carbons (Fsp3) is 0.233. The number of halogens is 1. The second-order valence-corrected chi connectivity index (χ2v) is 10.3. The van der Waals surface area contributed by atoms with Crippen LogP contribution in [0, 0.1) is 13.8 Å². The maximum absolute atomic E-state index is 13.0. The van der Waals surface area contributed by atoms with Gasteiger partial charge in [-0.25, -0.2) is 0 Å². The summed E-state index contributed by atoms with van der Waals surface area (Å²) in [4.78, 5) is 30.4. The van der Waals surface area contributed by atoms with Crippen molar-refractivity contribution in [3.63, 3.8) is 0 Å². The average Bonchev–Trinajstić information content (AvgIpc) is 3.21. The fourth-order valence-electron chi connectivity index (χ4n) is 5.60. The highest BCUT2D eigenvalue weighted by Gasteiger charge is 2.33. The van der Waals surface area contributed by atoms with Gasteiger partial charge in [0.05, 0.1) is 22.4 Å². The lowest BCUT2D eigenvalue weighted by atomic mass is 9.93. The molecule has 3 aromatic carbocycles. The van der Waals surface area contributed by atoms with Crippen LogP contribution < -0.4 is 15.5 Å². The van der Waals surface area contributed by atoms with Crippen LogP contribution >= 0.6 is 11.6 Å². The summed E-state index contributed by atoms with van der Waals surface area (Å²) < 4.78 is 5.11. The number of fused-ring (bicyclic) bond motifs is 2. The van der Waals surface area contributed by atoms with Gasteiger partial charge < -0.3 is 20.1 Å². The van der Waals surface area contributed by atoms with Crippen molar-refractivity contribution < 1.29 is 14.1 Å². The molecule has 1 aromatic heterocycles. The fourth-order valence-corrected chi connectivity index (χ4v) is 5.91. The smallest absolute Gasteiger partial charge is 0.261 e. The molecule has 1 fully saturated rings. The van der Waals surface area contributed by atoms with Crippen LogP contribution in [0.3, 0.4) is 0 Å². The van der Waals surface area contributed by atoms with E-state index in [4.69, 9.17) is 16.1 Å². The number of piperazine rings is 1. The molecule has 2 amide bonds. The Kier molecular flexibility index (Phi) is 6.58. The Bertz CT molecular complexity index is 1560. The minimum atomic E-state index is -0.277. The topological polar surface area (TPSA) is 90.7 Å². The quantitative estimate of drug-likeness (QED) is 0.346. The third-order valence-corrected chi connectivity index (χ3v) is 7.79. The highest BCUT2D eigenvalue weighted by atomic mass is 35.5. The highest BCUT2D eigenvalue weighted by Crippen LogP contribution is 2.39. The summed E-state index contributed by atoms with van der Waals surface area (Å²) in [5.74, 6) is 0.123. The van der Waals surface area contributed by atoms with Gasteiger partial charge in [-0.15, -0.1) is 0 Å². The molecule has 0 saturated carbocycles. The molecule has 1 saturated heterocycles. The molecule has 198 valence electrons. The lowest BCUT2D eigenvalue weighted by molar-refractivity contribution is 0.101. The van der Waals surface area contributed by atoms with Crippen LogP contribution in [0.15, 0.2) is 71.3 Å². The van der Waals surface area contributed by atoms with E-state index in [0.717, 1.165) is 48.7 Å². The van der Waals surface area contributed by atoms with E-state index >= 15 is 0 Å². The summed E-state index contributed by atoms with van der Waals surface area (Å²) in [6.07, 6.45) is 0. The number of carbonyl (C=O) groups excluding carboxylic acids is 2. The number of carbonyl (C=O) groups is 2. The third kappa shape index (κ3) is 4.66. The molecule has 2 aliphatic rings. The summed E-state index contributed by atoms with van der Waals surface area (Å²) in [6.45, 7) is 6.58. The van der Waals surface area contributed by atoms with Crippen molar-refractivity contribution in [3.05, 3.63) is 105 Å². The number of anilines is 3. The van der Waals surface area contributed by atoms with Crippen molar-refractivity contribution in [1.82, 2.24) is 10.1 Å². The molecule has 39 heavy (non-hydrogen) atoms. The minimum Gasteiger partial charge on any atom is -0.368 e. The Morgan fingerprint density at radius 2 is 1.72 bits per heavy atom. The standard InChI is InChI=1S/C30H28ClN5O3/c1-18-27(19(2)39-34-18)30(38)32-20-11-12-26(24(31)17-20)35-13-15-36(16-14-35)28-21-7-3-4-8-22(21)29(37)33-25-10-6-5-9-23(25)28/h3-12,17,28H,13-16H2,1-2H3,(H,32,38)(H,33,37). The Hall–Kier alpha value is -4.14. The summed E-state index contributed by atoms with van der Waals surface area (Å²) >= 11 is 6.71. The summed E-state index contributed by atoms with van der Waals surface area (Å²) in [6, 6.07) is 21.4. The number of benzene rings is 3. The van der Waals surface area contributed by atoms with Crippen LogP contribution in [0.25, 0.3) is 0 Å². The molecule has 4 aromatic rings. The number of hydrogen-bond donors (Lipinski definition) is 2. The number of nitrogens with zero attached hydrogens (tertiary/aromatic N) is 3. The second kappa shape index (κ2) is 10.2. The van der Waals surface area contributed by atoms with Gasteiger partial charge in [-0.1, -0.05) is 53.2 Å². The van der Waals surface area contributed by atoms with Crippen molar-refractivity contribution in [3.8, 4) is 0 Å². The summed E-state index contributed by atoms with van der Waals surface area (Å²) in [5.41, 5.74) is 6.18. The summed E-state index contributed by atoms with van der Waals surface area (Å²) in [5, 5.41) is 10.4. The molecule has 6 rings (SSSR count). The molecule has 0 spiro atoms. The minimum absolute atomic E-state index is 0.0316. The van der Waals surface area contributed by atoms with E-state index in [1.807, 2.05) is 48.5 Å². The first kappa shape index (κ1) is 25.2. The van der Waals surface area contributed by atoms with Crippen LogP contribution in [-0.4, -0.2) is 48.0 Å². The number of aryl methyl sites for hydroxylation is 2. The van der Waals surface area contributed by atoms with Gasteiger partial charge in [0.2, 0.25) is 0 Å². The van der Waals surface area contributed by atoms with Gasteiger partial charge in [0.25, 0.3) is 11.8 Å². The van der Waals surface area contributed by atoms with Crippen molar-refractivity contribution >= 4 is 40.5 Å². The zero-order chi connectivity index (χ0) is 27.1. The normalized spacial score (nSPS) is 17.2. The van der Waals surface area contributed by atoms with E-state index in [-0.39, 0.29) is 17.9 Å². The Morgan fingerprint density at radius 1 is 1.00 bits per heavy atom. The lowest BCUT2D eigenvalue weighted by Crippen LogP contribution is -2.48. The Labute approximate surface area is 231 Å². The van der Waals surface area contributed by atoms with E-state index in [2.05, 4.69) is 37.7 Å². The van der Waals surface area contributed by atoms with E-state index in [0.29, 0.717) is 33.3 Å². The van der Waals surface area contributed by atoms with Crippen LogP contribution in [-0.2, 0) is 0 Å². The average molecular weight is 542 g/mol. The molecule has 9 heteroatoms. The molecule has 8 nitrogen and oxygen atoms in total. The van der Waals surface area contributed by atoms with Crippen molar-refractivity contribution in [2.24, 2.45) is 0 Å². The number of nitrogens with one attached hydrogen (secondary N) is 2. The monoisotopic (exact) mass is 541 g/mol. The SMILES string of the molecule is Cc1noc(C)c1C(=O)Nc1ccc(N2CCN(C3c4ccccc4NC(=O)c4ccccc43)CC2)c(Cl)c1. The van der Waals surface area contributed by atoms with Crippen LogP contribution in [0.4, 0.5) is 17.1 Å². The predicted octanol–water partition coefficient (Wildman–Crippen LogP) is 5.67. The van der Waals surface area contributed by atoms with Crippen molar-refractivity contribution in [2.45, 2.75) is 19.9 Å². The first-order chi connectivity index (χ1) is 18.9. The number of aromatic nitrogens is 1. The van der Waals surface area contributed by atoms with Gasteiger partial charge in [-0.05, 0) is 55.3 Å². The molecule has 2 aliphatic heterocycles. The van der Waals surface area contributed by atoms with Gasteiger partial charge in [0.1, 0.15) is 11.3 Å². The zero-order valence-corrected chi connectivity index (χ0v) is 22.5. The number of amides is 2. The van der Waals surface area contributed by atoms with Crippen LogP contribution in [0.1, 0.15) is 49.3 Å². The maximum Gasteiger partial charge on any atom is 0.261 e. The maximum atomic E-state index is 13.0. The van der Waals surface area contributed by atoms with E-state index in [1.54, 1.807) is 19.9 Å². The first-order valence-electron chi connectivity index (χ1n) is 12.9. The van der Waals surface area contributed by atoms with Crippen molar-refractivity contribution in [1.29, 1.82) is 0 Å². The number of para-hydroxylation sites is 1. The van der Waals surface area contributed by atoms with Crippen LogP contribution in [0.2, 0.25) is 5.02 Å². The molecular formula is C30H28ClN5O3. The van der Waals surface area contributed by atoms with E-state index < -0.39 is 0 Å². The molecule has 0 bridgehead atoms. The Morgan fingerprint density at radius 3 is 2.44 bits per heavy atom. The first-order valence-corrected chi connectivity index (χ1v) is 13.3. The van der Waals surface area contributed by atoms with E-state index in [1.165, 1.54) is 0 Å². The van der Waals surface area contributed by atoms with Gasteiger partial charge >= 0.3 is 0 Å². The molecule has 3 heterocycles. The molecule has 0 radical (unpaired) electrons. The largest absolute Gasteiger partial charge is 0.368 e. The lowest BCUT2D eigenvalue weighted by Gasteiger charge is -2.41. The number of rotatable bonds is 4. The van der Waals surface area contributed by atoms with Gasteiger partial charge in [0, 0.05) is 43.1 Å². The van der Waals surface area contributed by atoms with Gasteiger partial charge in [0.15, 0.2) is 0 Å².